The molecule has 1 unspecified atom stereocenters. The predicted molar refractivity (Wildman–Crippen MR) is 71.4 cm³/mol. The van der Waals surface area contributed by atoms with Crippen LogP contribution in [0.5, 0.6) is 11.5 Å². The number of hydrogen-bond donors (Lipinski definition) is 1. The van der Waals surface area contributed by atoms with Crippen LogP contribution in [0.15, 0.2) is 18.2 Å². The van der Waals surface area contributed by atoms with Gasteiger partial charge in [0.1, 0.15) is 13.2 Å². The Kier molecular flexibility index (Phi) is 3.41. The zero-order valence-electron chi connectivity index (χ0n) is 10.9. The van der Waals surface area contributed by atoms with E-state index in [0.29, 0.717) is 19.1 Å². The van der Waals surface area contributed by atoms with Gasteiger partial charge in [0.05, 0.1) is 0 Å². The van der Waals surface area contributed by atoms with Crippen molar-refractivity contribution in [2.24, 2.45) is 5.92 Å². The molecule has 1 aromatic carbocycles. The average Bonchev–Trinajstić information content (AvgIpc) is 3.24. The Morgan fingerprint density at radius 3 is 2.72 bits per heavy atom. The van der Waals surface area contributed by atoms with Gasteiger partial charge in [-0.3, -0.25) is 0 Å². The van der Waals surface area contributed by atoms with Gasteiger partial charge in [0.15, 0.2) is 11.5 Å². The highest BCUT2D eigenvalue weighted by Gasteiger charge is 2.32. The maximum atomic E-state index is 5.68. The highest BCUT2D eigenvalue weighted by molar-refractivity contribution is 5.45. The summed E-state index contributed by atoms with van der Waals surface area (Å²) >= 11 is 0. The molecule has 1 heterocycles. The molecule has 0 amide bonds. The van der Waals surface area contributed by atoms with Crippen LogP contribution in [0.4, 0.5) is 0 Å². The van der Waals surface area contributed by atoms with Crippen molar-refractivity contribution in [2.75, 3.05) is 26.8 Å². The van der Waals surface area contributed by atoms with Crippen molar-refractivity contribution in [1.82, 2.24) is 5.32 Å². The van der Waals surface area contributed by atoms with Crippen LogP contribution in [0.25, 0.3) is 0 Å². The molecule has 1 saturated carbocycles. The Morgan fingerprint density at radius 1 is 1.22 bits per heavy atom. The van der Waals surface area contributed by atoms with Gasteiger partial charge in [0.2, 0.25) is 0 Å². The lowest BCUT2D eigenvalue weighted by atomic mass is 9.90. The van der Waals surface area contributed by atoms with Gasteiger partial charge >= 0.3 is 0 Å². The zero-order chi connectivity index (χ0) is 12.4. The van der Waals surface area contributed by atoms with E-state index in [1.165, 1.54) is 24.8 Å². The number of benzene rings is 1. The Hall–Kier alpha value is -1.22. The molecule has 0 aromatic heterocycles. The van der Waals surface area contributed by atoms with Crippen LogP contribution in [0.2, 0.25) is 0 Å². The van der Waals surface area contributed by atoms with E-state index in [4.69, 9.17) is 9.47 Å². The fourth-order valence-electron chi connectivity index (χ4n) is 2.76. The average molecular weight is 247 g/mol. The summed E-state index contributed by atoms with van der Waals surface area (Å²) in [5, 5.41) is 3.26. The van der Waals surface area contributed by atoms with Crippen LogP contribution in [-0.2, 0) is 0 Å². The van der Waals surface area contributed by atoms with Gasteiger partial charge in [-0.15, -0.1) is 0 Å². The van der Waals surface area contributed by atoms with Crippen LogP contribution in [0.3, 0.4) is 0 Å². The molecule has 0 bridgehead atoms. The van der Waals surface area contributed by atoms with E-state index < -0.39 is 0 Å². The molecule has 18 heavy (non-hydrogen) atoms. The second-order valence-corrected chi connectivity index (χ2v) is 5.24. The maximum Gasteiger partial charge on any atom is 0.161 e. The molecule has 1 N–H and O–H groups in total. The summed E-state index contributed by atoms with van der Waals surface area (Å²) < 4.78 is 11.3. The first kappa shape index (κ1) is 11.8. The van der Waals surface area contributed by atoms with Crippen molar-refractivity contribution in [2.45, 2.75) is 25.2 Å². The molecule has 1 fully saturated rings. The summed E-state index contributed by atoms with van der Waals surface area (Å²) in [5.74, 6) is 3.37. The number of nitrogens with one attached hydrogen (secondary N) is 1. The molecule has 1 aliphatic carbocycles. The van der Waals surface area contributed by atoms with Crippen molar-refractivity contribution < 1.29 is 9.47 Å². The Balaban J connectivity index is 1.80. The van der Waals surface area contributed by atoms with Crippen LogP contribution < -0.4 is 14.8 Å². The normalized spacial score (nSPS) is 19.6. The molecule has 3 rings (SSSR count). The van der Waals surface area contributed by atoms with Crippen LogP contribution in [-0.4, -0.2) is 26.8 Å². The summed E-state index contributed by atoms with van der Waals surface area (Å²) in [7, 11) is 2.02. The number of fused-ring (bicyclic) bond motifs is 1. The minimum atomic E-state index is 0.665. The Bertz CT molecular complexity index is 415. The lowest BCUT2D eigenvalue weighted by Gasteiger charge is -2.22. The fourth-order valence-corrected chi connectivity index (χ4v) is 2.76. The first-order valence-corrected chi connectivity index (χ1v) is 6.92. The van der Waals surface area contributed by atoms with E-state index in [1.807, 2.05) is 7.05 Å². The topological polar surface area (TPSA) is 30.5 Å². The largest absolute Gasteiger partial charge is 0.486 e. The molecule has 0 radical (unpaired) electrons. The molecular weight excluding hydrogens is 226 g/mol. The highest BCUT2D eigenvalue weighted by atomic mass is 16.6. The first-order chi connectivity index (χ1) is 8.88. The third-order valence-corrected chi connectivity index (χ3v) is 3.89. The summed E-state index contributed by atoms with van der Waals surface area (Å²) in [6.07, 6.45) is 3.96. The van der Waals surface area contributed by atoms with Crippen molar-refractivity contribution in [3.63, 3.8) is 0 Å². The third-order valence-electron chi connectivity index (χ3n) is 3.89. The molecule has 0 spiro atoms. The van der Waals surface area contributed by atoms with Crippen LogP contribution >= 0.6 is 0 Å². The van der Waals surface area contributed by atoms with Crippen molar-refractivity contribution in [3.8, 4) is 11.5 Å². The van der Waals surface area contributed by atoms with E-state index in [1.54, 1.807) is 0 Å². The second-order valence-electron chi connectivity index (χ2n) is 5.24. The van der Waals surface area contributed by atoms with Gasteiger partial charge in [-0.25, -0.2) is 0 Å². The fraction of sp³-hybridized carbons (Fsp3) is 0.600. The second kappa shape index (κ2) is 5.19. The van der Waals surface area contributed by atoms with E-state index in [2.05, 4.69) is 23.5 Å². The van der Waals surface area contributed by atoms with E-state index in [9.17, 15) is 0 Å². The molecule has 98 valence electrons. The smallest absolute Gasteiger partial charge is 0.161 e. The summed E-state index contributed by atoms with van der Waals surface area (Å²) in [6.45, 7) is 2.41. The van der Waals surface area contributed by atoms with Gasteiger partial charge in [-0.2, -0.15) is 0 Å². The predicted octanol–water partition coefficient (Wildman–Crippen LogP) is 2.56. The molecular formula is C15H21NO2. The van der Waals surface area contributed by atoms with E-state index in [0.717, 1.165) is 24.0 Å². The van der Waals surface area contributed by atoms with E-state index >= 15 is 0 Å². The number of ether oxygens (including phenoxy) is 2. The lowest BCUT2D eigenvalue weighted by molar-refractivity contribution is 0.171. The highest BCUT2D eigenvalue weighted by Crippen LogP contribution is 2.46. The van der Waals surface area contributed by atoms with Crippen molar-refractivity contribution in [3.05, 3.63) is 23.8 Å². The number of rotatable bonds is 5. The molecule has 1 atom stereocenters. The minimum absolute atomic E-state index is 0.665. The summed E-state index contributed by atoms with van der Waals surface area (Å²) in [4.78, 5) is 0. The third kappa shape index (κ3) is 2.46. The maximum absolute atomic E-state index is 5.68. The standard InChI is InChI=1S/C15H21NO2/c1-16-7-6-13(11-2-3-11)12-4-5-14-15(10-12)18-9-8-17-14/h4-5,10-11,13,16H,2-3,6-9H2,1H3. The van der Waals surface area contributed by atoms with Crippen LogP contribution in [0.1, 0.15) is 30.7 Å². The quantitative estimate of drug-likeness (QED) is 0.867. The van der Waals surface area contributed by atoms with Gasteiger partial charge in [0, 0.05) is 0 Å². The van der Waals surface area contributed by atoms with Gasteiger partial charge in [-0.05, 0) is 62.4 Å². The number of hydrogen-bond acceptors (Lipinski definition) is 3. The van der Waals surface area contributed by atoms with Crippen molar-refractivity contribution in [1.29, 1.82) is 0 Å². The molecule has 2 aliphatic rings. The lowest BCUT2D eigenvalue weighted by Crippen LogP contribution is -2.17. The Morgan fingerprint density at radius 2 is 2.00 bits per heavy atom. The molecule has 1 aromatic rings. The summed E-state index contributed by atoms with van der Waals surface area (Å²) in [6, 6.07) is 6.47. The zero-order valence-corrected chi connectivity index (χ0v) is 10.9. The minimum Gasteiger partial charge on any atom is -0.486 e. The SMILES string of the molecule is CNCCC(c1ccc2c(c1)OCCO2)C1CC1. The monoisotopic (exact) mass is 247 g/mol. The van der Waals surface area contributed by atoms with Gasteiger partial charge in [0.25, 0.3) is 0 Å². The molecule has 1 aliphatic heterocycles. The van der Waals surface area contributed by atoms with Gasteiger partial charge in [-0.1, -0.05) is 6.07 Å². The summed E-state index contributed by atoms with van der Waals surface area (Å²) in [5.41, 5.74) is 1.41. The molecule has 3 nitrogen and oxygen atoms in total. The van der Waals surface area contributed by atoms with E-state index in [-0.39, 0.29) is 0 Å². The Labute approximate surface area is 108 Å². The van der Waals surface area contributed by atoms with Crippen molar-refractivity contribution >= 4 is 0 Å². The van der Waals surface area contributed by atoms with Gasteiger partial charge < -0.3 is 14.8 Å². The molecule has 3 heteroatoms. The van der Waals surface area contributed by atoms with Crippen LogP contribution in [0, 0.1) is 5.92 Å². The molecule has 0 saturated heterocycles. The first-order valence-electron chi connectivity index (χ1n) is 6.92.